The molecule has 4 nitrogen and oxygen atoms in total. The number of carbonyl (C=O) groups is 1. The number of amides is 1. The molecular weight excluding hydrogens is 393 g/mol. The number of carbonyl (C=O) groups excluding carboxylic acids is 1. The Hall–Kier alpha value is -2.30. The molecule has 1 unspecified atom stereocenters. The summed E-state index contributed by atoms with van der Waals surface area (Å²) < 4.78 is 0. The minimum Gasteiger partial charge on any atom is -0.324 e. The Labute approximate surface area is 175 Å². The summed E-state index contributed by atoms with van der Waals surface area (Å²) in [7, 11) is 0. The summed E-state index contributed by atoms with van der Waals surface area (Å²) in [5, 5.41) is 10.8. The maximum atomic E-state index is 12.5. The van der Waals surface area contributed by atoms with Crippen molar-refractivity contribution >= 4 is 40.5 Å². The Kier molecular flexibility index (Phi) is 6.42. The van der Waals surface area contributed by atoms with Crippen molar-refractivity contribution < 1.29 is 4.79 Å². The number of allylic oxidation sites excluding steroid dienone is 2. The van der Waals surface area contributed by atoms with Gasteiger partial charge in [-0.1, -0.05) is 54.4 Å². The number of benzene rings is 2. The van der Waals surface area contributed by atoms with Gasteiger partial charge in [0.1, 0.15) is 6.54 Å². The van der Waals surface area contributed by atoms with Gasteiger partial charge in [-0.2, -0.15) is 5.10 Å². The van der Waals surface area contributed by atoms with Crippen molar-refractivity contribution in [3.8, 4) is 0 Å². The molecule has 1 atom stereocenters. The molecule has 146 valence electrons. The molecule has 0 fully saturated rings. The third-order valence-corrected chi connectivity index (χ3v) is 5.22. The summed E-state index contributed by atoms with van der Waals surface area (Å²) in [5.74, 6) is -0.114. The molecule has 0 radical (unpaired) electrons. The molecule has 0 aromatic heterocycles. The highest BCUT2D eigenvalue weighted by Gasteiger charge is 2.38. The van der Waals surface area contributed by atoms with Gasteiger partial charge in [0.15, 0.2) is 0 Å². The SMILES string of the molecule is CC=CCC1(C)CN(CC(=O)Nc2ccc(Cl)cc2)N=C1c1ccc(Cl)cc1. The Morgan fingerprint density at radius 3 is 2.36 bits per heavy atom. The molecule has 1 aliphatic heterocycles. The van der Waals surface area contributed by atoms with Gasteiger partial charge in [-0.15, -0.1) is 0 Å². The van der Waals surface area contributed by atoms with Crippen molar-refractivity contribution in [1.82, 2.24) is 5.01 Å². The van der Waals surface area contributed by atoms with E-state index in [1.54, 1.807) is 24.3 Å². The van der Waals surface area contributed by atoms with E-state index < -0.39 is 0 Å². The molecular formula is C22H23Cl2N3O. The molecule has 6 heteroatoms. The smallest absolute Gasteiger partial charge is 0.245 e. The molecule has 0 spiro atoms. The monoisotopic (exact) mass is 415 g/mol. The standard InChI is InChI=1S/C22H23Cl2N3O/c1-3-4-13-22(2)15-27(26-21(22)16-5-7-17(23)8-6-16)14-20(28)25-19-11-9-18(24)10-12-19/h3-12H,13-15H2,1-2H3,(H,25,28). The number of anilines is 1. The Bertz CT molecular complexity index is 891. The van der Waals surface area contributed by atoms with Gasteiger partial charge in [-0.25, -0.2) is 0 Å². The van der Waals surface area contributed by atoms with E-state index in [1.807, 2.05) is 42.3 Å². The van der Waals surface area contributed by atoms with Crippen LogP contribution in [-0.2, 0) is 4.79 Å². The molecule has 0 aliphatic carbocycles. The lowest BCUT2D eigenvalue weighted by Crippen LogP contribution is -2.34. The predicted octanol–water partition coefficient (Wildman–Crippen LogP) is 5.62. The molecule has 0 saturated heterocycles. The van der Waals surface area contributed by atoms with Crippen LogP contribution in [0.25, 0.3) is 0 Å². The van der Waals surface area contributed by atoms with Gasteiger partial charge in [0.25, 0.3) is 0 Å². The van der Waals surface area contributed by atoms with E-state index in [-0.39, 0.29) is 17.9 Å². The van der Waals surface area contributed by atoms with Crippen molar-refractivity contribution in [2.45, 2.75) is 20.3 Å². The third-order valence-electron chi connectivity index (χ3n) is 4.72. The van der Waals surface area contributed by atoms with Crippen LogP contribution in [0, 0.1) is 5.41 Å². The summed E-state index contributed by atoms with van der Waals surface area (Å²) in [6, 6.07) is 14.7. The van der Waals surface area contributed by atoms with Gasteiger partial charge in [-0.05, 0) is 55.3 Å². The van der Waals surface area contributed by atoms with E-state index in [2.05, 4.69) is 18.3 Å². The average Bonchev–Trinajstić information content (AvgIpc) is 2.99. The van der Waals surface area contributed by atoms with Crippen molar-refractivity contribution in [2.24, 2.45) is 10.5 Å². The van der Waals surface area contributed by atoms with Crippen LogP contribution in [0.5, 0.6) is 0 Å². The minimum absolute atomic E-state index is 0.114. The first-order valence-electron chi connectivity index (χ1n) is 9.16. The van der Waals surface area contributed by atoms with E-state index >= 15 is 0 Å². The number of hydrogen-bond donors (Lipinski definition) is 1. The summed E-state index contributed by atoms with van der Waals surface area (Å²) in [5.41, 5.74) is 2.53. The quantitative estimate of drug-likeness (QED) is 0.621. The van der Waals surface area contributed by atoms with Gasteiger partial charge < -0.3 is 5.32 Å². The zero-order chi connectivity index (χ0) is 20.1. The normalized spacial score (nSPS) is 19.1. The highest BCUT2D eigenvalue weighted by Crippen LogP contribution is 2.35. The fourth-order valence-electron chi connectivity index (χ4n) is 3.32. The zero-order valence-electron chi connectivity index (χ0n) is 16.0. The van der Waals surface area contributed by atoms with Crippen molar-refractivity contribution in [2.75, 3.05) is 18.4 Å². The fourth-order valence-corrected chi connectivity index (χ4v) is 3.57. The number of halogens is 2. The maximum absolute atomic E-state index is 12.5. The second kappa shape index (κ2) is 8.80. The van der Waals surface area contributed by atoms with E-state index in [1.165, 1.54) is 0 Å². The molecule has 3 rings (SSSR count). The molecule has 1 N–H and O–H groups in total. The van der Waals surface area contributed by atoms with Crippen LogP contribution >= 0.6 is 23.2 Å². The van der Waals surface area contributed by atoms with Gasteiger partial charge in [-0.3, -0.25) is 9.80 Å². The number of hydrogen-bond acceptors (Lipinski definition) is 3. The average molecular weight is 416 g/mol. The number of hydrazone groups is 1. The van der Waals surface area contributed by atoms with E-state index in [0.29, 0.717) is 22.3 Å². The van der Waals surface area contributed by atoms with Gasteiger partial charge >= 0.3 is 0 Å². The summed E-state index contributed by atoms with van der Waals surface area (Å²) in [6.45, 7) is 5.04. The second-order valence-corrected chi connectivity index (χ2v) is 8.04. The Balaban J connectivity index is 1.76. The van der Waals surface area contributed by atoms with Crippen LogP contribution in [0.15, 0.2) is 65.8 Å². The first-order valence-corrected chi connectivity index (χ1v) is 9.92. The lowest BCUT2D eigenvalue weighted by Gasteiger charge is -2.25. The molecule has 2 aromatic rings. The highest BCUT2D eigenvalue weighted by molar-refractivity contribution is 6.31. The third kappa shape index (κ3) is 4.94. The van der Waals surface area contributed by atoms with Crippen molar-refractivity contribution in [3.05, 3.63) is 76.3 Å². The largest absolute Gasteiger partial charge is 0.324 e. The van der Waals surface area contributed by atoms with Crippen LogP contribution in [0.2, 0.25) is 10.0 Å². The summed E-state index contributed by atoms with van der Waals surface area (Å²) in [6.07, 6.45) is 5.03. The minimum atomic E-state index is -0.180. The maximum Gasteiger partial charge on any atom is 0.245 e. The molecule has 0 bridgehead atoms. The van der Waals surface area contributed by atoms with Crippen molar-refractivity contribution in [1.29, 1.82) is 0 Å². The molecule has 1 heterocycles. The number of nitrogens with zero attached hydrogens (tertiary/aromatic N) is 2. The molecule has 2 aromatic carbocycles. The molecule has 1 amide bonds. The van der Waals surface area contributed by atoms with E-state index in [0.717, 1.165) is 17.7 Å². The zero-order valence-corrected chi connectivity index (χ0v) is 17.5. The fraction of sp³-hybridized carbons (Fsp3) is 0.273. The topological polar surface area (TPSA) is 44.7 Å². The van der Waals surface area contributed by atoms with Crippen LogP contribution in [0.4, 0.5) is 5.69 Å². The first-order chi connectivity index (χ1) is 13.4. The van der Waals surface area contributed by atoms with E-state index in [9.17, 15) is 4.79 Å². The lowest BCUT2D eigenvalue weighted by molar-refractivity contribution is -0.117. The predicted molar refractivity (Wildman–Crippen MR) is 117 cm³/mol. The highest BCUT2D eigenvalue weighted by atomic mass is 35.5. The summed E-state index contributed by atoms with van der Waals surface area (Å²) in [4.78, 5) is 12.5. The second-order valence-electron chi connectivity index (χ2n) is 7.17. The van der Waals surface area contributed by atoms with Gasteiger partial charge in [0.05, 0.1) is 5.71 Å². The van der Waals surface area contributed by atoms with Crippen LogP contribution < -0.4 is 5.32 Å². The van der Waals surface area contributed by atoms with Crippen LogP contribution in [0.3, 0.4) is 0 Å². The van der Waals surface area contributed by atoms with Crippen molar-refractivity contribution in [3.63, 3.8) is 0 Å². The van der Waals surface area contributed by atoms with Gasteiger partial charge in [0, 0.05) is 27.7 Å². The lowest BCUT2D eigenvalue weighted by atomic mass is 9.79. The molecule has 0 saturated carbocycles. The Morgan fingerprint density at radius 2 is 1.75 bits per heavy atom. The first kappa shape index (κ1) is 20.4. The van der Waals surface area contributed by atoms with E-state index in [4.69, 9.17) is 28.3 Å². The molecule has 28 heavy (non-hydrogen) atoms. The Morgan fingerprint density at radius 1 is 1.14 bits per heavy atom. The van der Waals surface area contributed by atoms with Crippen LogP contribution in [0.1, 0.15) is 25.8 Å². The number of rotatable bonds is 6. The molecule has 1 aliphatic rings. The van der Waals surface area contributed by atoms with Crippen LogP contribution in [-0.4, -0.2) is 29.7 Å². The number of nitrogens with one attached hydrogen (secondary N) is 1. The van der Waals surface area contributed by atoms with Gasteiger partial charge in [0.2, 0.25) is 5.91 Å². The summed E-state index contributed by atoms with van der Waals surface area (Å²) >= 11 is 11.9.